The van der Waals surface area contributed by atoms with Gasteiger partial charge in [0.05, 0.1) is 12.2 Å². The second-order valence-corrected chi connectivity index (χ2v) is 4.00. The van der Waals surface area contributed by atoms with Gasteiger partial charge < -0.3 is 10.1 Å². The fraction of sp³-hybridized carbons (Fsp3) is 0.800. The molecule has 1 fully saturated rings. The standard InChI is InChI=1S/C10H17NO/c1-8-3-6-12-10(8)4-5-11-9(2)7-10/h3,9,11H,4-7H2,1-2H3. The van der Waals surface area contributed by atoms with Gasteiger partial charge in [-0.3, -0.25) is 0 Å². The lowest BCUT2D eigenvalue weighted by atomic mass is 9.83. The van der Waals surface area contributed by atoms with Crippen LogP contribution in [0, 0.1) is 0 Å². The minimum Gasteiger partial charge on any atom is -0.366 e. The quantitative estimate of drug-likeness (QED) is 0.552. The van der Waals surface area contributed by atoms with Crippen LogP contribution in [-0.4, -0.2) is 24.8 Å². The Balaban J connectivity index is 2.14. The molecule has 2 heterocycles. The summed E-state index contributed by atoms with van der Waals surface area (Å²) in [5.41, 5.74) is 1.54. The minimum absolute atomic E-state index is 0.102. The molecule has 2 heteroatoms. The van der Waals surface area contributed by atoms with Gasteiger partial charge in [-0.15, -0.1) is 0 Å². The Morgan fingerprint density at radius 1 is 1.67 bits per heavy atom. The summed E-state index contributed by atoms with van der Waals surface area (Å²) in [6, 6.07) is 0.597. The molecule has 0 aromatic rings. The van der Waals surface area contributed by atoms with Crippen LogP contribution in [0.25, 0.3) is 0 Å². The van der Waals surface area contributed by atoms with Crippen LogP contribution in [0.1, 0.15) is 26.7 Å². The van der Waals surface area contributed by atoms with Gasteiger partial charge in [0.1, 0.15) is 0 Å². The van der Waals surface area contributed by atoms with Crippen LogP contribution in [0.4, 0.5) is 0 Å². The van der Waals surface area contributed by atoms with Crippen LogP contribution in [0.3, 0.4) is 0 Å². The van der Waals surface area contributed by atoms with Gasteiger partial charge in [-0.25, -0.2) is 0 Å². The molecule has 1 saturated heterocycles. The molecule has 2 atom stereocenters. The Morgan fingerprint density at radius 2 is 2.50 bits per heavy atom. The average molecular weight is 167 g/mol. The van der Waals surface area contributed by atoms with Gasteiger partial charge in [0.25, 0.3) is 0 Å². The Kier molecular flexibility index (Phi) is 1.97. The van der Waals surface area contributed by atoms with Crippen LogP contribution in [0.15, 0.2) is 11.6 Å². The highest BCUT2D eigenvalue weighted by molar-refractivity contribution is 5.21. The summed E-state index contributed by atoms with van der Waals surface area (Å²) < 4.78 is 5.83. The monoisotopic (exact) mass is 167 g/mol. The fourth-order valence-electron chi connectivity index (χ4n) is 2.30. The van der Waals surface area contributed by atoms with E-state index in [1.807, 2.05) is 0 Å². The second kappa shape index (κ2) is 2.86. The summed E-state index contributed by atoms with van der Waals surface area (Å²) in [5, 5.41) is 3.45. The molecule has 0 aromatic heterocycles. The zero-order chi connectivity index (χ0) is 8.60. The molecule has 0 bridgehead atoms. The largest absolute Gasteiger partial charge is 0.366 e. The van der Waals surface area contributed by atoms with E-state index >= 15 is 0 Å². The van der Waals surface area contributed by atoms with Crippen molar-refractivity contribution in [1.29, 1.82) is 0 Å². The molecule has 0 saturated carbocycles. The molecule has 0 aliphatic carbocycles. The number of nitrogens with one attached hydrogen (secondary N) is 1. The lowest BCUT2D eigenvalue weighted by Crippen LogP contribution is -2.47. The molecule has 2 aliphatic rings. The van der Waals surface area contributed by atoms with Crippen molar-refractivity contribution in [3.05, 3.63) is 11.6 Å². The maximum Gasteiger partial charge on any atom is 0.0920 e. The van der Waals surface area contributed by atoms with Crippen molar-refractivity contribution >= 4 is 0 Å². The molecule has 1 N–H and O–H groups in total. The molecule has 12 heavy (non-hydrogen) atoms. The molecule has 2 aliphatic heterocycles. The molecule has 2 unspecified atom stereocenters. The SMILES string of the molecule is CC1=CCOC12CCNC(C)C2. The molecule has 1 spiro atoms. The van der Waals surface area contributed by atoms with E-state index in [1.54, 1.807) is 0 Å². The third kappa shape index (κ3) is 1.19. The predicted octanol–water partition coefficient (Wildman–Crippen LogP) is 1.47. The Hall–Kier alpha value is -0.340. The van der Waals surface area contributed by atoms with Gasteiger partial charge >= 0.3 is 0 Å². The van der Waals surface area contributed by atoms with Gasteiger partial charge in [0, 0.05) is 6.04 Å². The maximum absolute atomic E-state index is 5.83. The number of piperidine rings is 1. The van der Waals surface area contributed by atoms with Crippen LogP contribution >= 0.6 is 0 Å². The van der Waals surface area contributed by atoms with Crippen molar-refractivity contribution in [2.45, 2.75) is 38.3 Å². The number of hydrogen-bond acceptors (Lipinski definition) is 2. The summed E-state index contributed by atoms with van der Waals surface area (Å²) in [4.78, 5) is 0. The van der Waals surface area contributed by atoms with Gasteiger partial charge in [-0.1, -0.05) is 6.08 Å². The molecule has 0 radical (unpaired) electrons. The van der Waals surface area contributed by atoms with Crippen LogP contribution in [-0.2, 0) is 4.74 Å². The Bertz CT molecular complexity index is 212. The van der Waals surface area contributed by atoms with Crippen LogP contribution in [0.2, 0.25) is 0 Å². The highest BCUT2D eigenvalue weighted by Gasteiger charge is 2.39. The zero-order valence-electron chi connectivity index (χ0n) is 7.89. The molecule has 2 rings (SSSR count). The van der Waals surface area contributed by atoms with Crippen molar-refractivity contribution in [2.75, 3.05) is 13.2 Å². The van der Waals surface area contributed by atoms with E-state index in [2.05, 4.69) is 25.2 Å². The summed E-state index contributed by atoms with van der Waals surface area (Å²) in [7, 11) is 0. The van der Waals surface area contributed by atoms with E-state index in [0.717, 1.165) is 26.0 Å². The Labute approximate surface area is 74.0 Å². The first-order chi connectivity index (χ1) is 5.73. The van der Waals surface area contributed by atoms with E-state index in [4.69, 9.17) is 4.74 Å². The smallest absolute Gasteiger partial charge is 0.0920 e. The summed E-state index contributed by atoms with van der Waals surface area (Å²) in [6.07, 6.45) is 4.49. The van der Waals surface area contributed by atoms with Gasteiger partial charge in [-0.2, -0.15) is 0 Å². The van der Waals surface area contributed by atoms with E-state index in [1.165, 1.54) is 5.57 Å². The summed E-state index contributed by atoms with van der Waals surface area (Å²) >= 11 is 0. The molecule has 0 amide bonds. The van der Waals surface area contributed by atoms with Crippen LogP contribution < -0.4 is 5.32 Å². The first kappa shape index (κ1) is 8.27. The molecular weight excluding hydrogens is 150 g/mol. The summed E-state index contributed by atoms with van der Waals surface area (Å²) in [5.74, 6) is 0. The highest BCUT2D eigenvalue weighted by atomic mass is 16.5. The van der Waals surface area contributed by atoms with Crippen molar-refractivity contribution in [3.63, 3.8) is 0 Å². The van der Waals surface area contributed by atoms with Gasteiger partial charge in [-0.05, 0) is 38.8 Å². The van der Waals surface area contributed by atoms with Crippen molar-refractivity contribution in [3.8, 4) is 0 Å². The van der Waals surface area contributed by atoms with Crippen molar-refractivity contribution in [1.82, 2.24) is 5.32 Å². The Morgan fingerprint density at radius 3 is 3.08 bits per heavy atom. The van der Waals surface area contributed by atoms with Gasteiger partial charge in [0.15, 0.2) is 0 Å². The predicted molar refractivity (Wildman–Crippen MR) is 49.1 cm³/mol. The van der Waals surface area contributed by atoms with E-state index in [0.29, 0.717) is 6.04 Å². The molecule has 68 valence electrons. The van der Waals surface area contributed by atoms with E-state index < -0.39 is 0 Å². The zero-order valence-corrected chi connectivity index (χ0v) is 7.89. The first-order valence-electron chi connectivity index (χ1n) is 4.77. The second-order valence-electron chi connectivity index (χ2n) is 4.00. The van der Waals surface area contributed by atoms with Crippen molar-refractivity contribution in [2.24, 2.45) is 0 Å². The number of ether oxygens (including phenoxy) is 1. The third-order valence-electron chi connectivity index (χ3n) is 3.13. The van der Waals surface area contributed by atoms with Crippen LogP contribution in [0.5, 0.6) is 0 Å². The lowest BCUT2D eigenvalue weighted by molar-refractivity contribution is -0.0145. The average Bonchev–Trinajstić information content (AvgIpc) is 2.33. The normalized spacial score (nSPS) is 41.8. The van der Waals surface area contributed by atoms with Gasteiger partial charge in [0.2, 0.25) is 0 Å². The lowest BCUT2D eigenvalue weighted by Gasteiger charge is -2.38. The highest BCUT2D eigenvalue weighted by Crippen LogP contribution is 2.36. The third-order valence-corrected chi connectivity index (χ3v) is 3.13. The first-order valence-corrected chi connectivity index (χ1v) is 4.77. The maximum atomic E-state index is 5.83. The number of rotatable bonds is 0. The van der Waals surface area contributed by atoms with E-state index in [9.17, 15) is 0 Å². The number of hydrogen-bond donors (Lipinski definition) is 1. The summed E-state index contributed by atoms with van der Waals surface area (Å²) in [6.45, 7) is 6.34. The van der Waals surface area contributed by atoms with Crippen molar-refractivity contribution < 1.29 is 4.74 Å². The molecular formula is C10H17NO. The fourth-order valence-corrected chi connectivity index (χ4v) is 2.30. The molecule has 0 aromatic carbocycles. The van der Waals surface area contributed by atoms with E-state index in [-0.39, 0.29) is 5.60 Å². The molecule has 2 nitrogen and oxygen atoms in total. The minimum atomic E-state index is 0.102. The topological polar surface area (TPSA) is 21.3 Å².